The molecule has 0 fully saturated rings. The molecule has 0 unspecified atom stereocenters. The summed E-state index contributed by atoms with van der Waals surface area (Å²) in [7, 11) is -6.96. The highest BCUT2D eigenvalue weighted by Crippen LogP contribution is 2.35. The van der Waals surface area contributed by atoms with E-state index in [-0.39, 0.29) is 0 Å². The molecule has 8 nitrogen and oxygen atoms in total. The van der Waals surface area contributed by atoms with Gasteiger partial charge in [-0.3, -0.25) is 9.27 Å². The first kappa shape index (κ1) is 23.5. The number of nitrogens with one attached hydrogen (secondary N) is 2. The molecule has 0 spiro atoms. The minimum Gasteiger partial charge on any atom is -0.354 e. The van der Waals surface area contributed by atoms with Crippen LogP contribution in [0.25, 0.3) is 21.8 Å². The van der Waals surface area contributed by atoms with Crippen molar-refractivity contribution in [1.82, 2.24) is 4.98 Å². The Kier molecular flexibility index (Phi) is 6.68. The molecule has 1 aromatic heterocycles. The Morgan fingerprint density at radius 1 is 0.781 bits per heavy atom. The molecule has 32 heavy (non-hydrogen) atoms. The Morgan fingerprint density at radius 3 is 1.97 bits per heavy atom. The number of pyridine rings is 1. The van der Waals surface area contributed by atoms with Crippen LogP contribution in [0.2, 0.25) is 0 Å². The lowest BCUT2D eigenvalue weighted by molar-refractivity contribution is 0.490. The lowest BCUT2D eigenvalue weighted by Gasteiger charge is -2.15. The van der Waals surface area contributed by atoms with Gasteiger partial charge in [0.1, 0.15) is 0 Å². The highest BCUT2D eigenvalue weighted by atomic mass is 32.2. The van der Waals surface area contributed by atoms with Crippen molar-refractivity contribution in [3.8, 4) is 0 Å². The summed E-state index contributed by atoms with van der Waals surface area (Å²) in [6.45, 7) is 2.07. The van der Waals surface area contributed by atoms with E-state index in [9.17, 15) is 16.8 Å². The zero-order valence-corrected chi connectivity index (χ0v) is 19.3. The van der Waals surface area contributed by atoms with Gasteiger partial charge < -0.3 is 5.32 Å². The summed E-state index contributed by atoms with van der Waals surface area (Å²) >= 11 is 0. The average molecular weight is 474 g/mol. The topological polar surface area (TPSA) is 125 Å². The van der Waals surface area contributed by atoms with Gasteiger partial charge in [0.05, 0.1) is 29.2 Å². The summed E-state index contributed by atoms with van der Waals surface area (Å²) in [5, 5.41) is 5.62. The van der Waals surface area contributed by atoms with Crippen LogP contribution < -0.4 is 10.0 Å². The van der Waals surface area contributed by atoms with E-state index >= 15 is 0 Å². The van der Waals surface area contributed by atoms with Crippen LogP contribution >= 0.6 is 0 Å². The molecule has 0 atom stereocenters. The Labute approximate surface area is 187 Å². The van der Waals surface area contributed by atoms with E-state index in [1.807, 2.05) is 42.5 Å². The van der Waals surface area contributed by atoms with Crippen molar-refractivity contribution >= 4 is 59.0 Å². The van der Waals surface area contributed by atoms with Gasteiger partial charge in [-0.05, 0) is 48.9 Å². The molecule has 0 aliphatic rings. The average Bonchev–Trinajstić information content (AvgIpc) is 2.67. The minimum atomic E-state index is -3.67. The number of anilines is 3. The monoisotopic (exact) mass is 473 g/mol. The molecule has 0 radical (unpaired) electrons. The number of rotatable bonds is 4. The van der Waals surface area contributed by atoms with Gasteiger partial charge in [0.15, 0.2) is 0 Å². The molecule has 4 rings (SSSR count). The van der Waals surface area contributed by atoms with Crippen LogP contribution in [0.4, 0.5) is 17.1 Å². The van der Waals surface area contributed by atoms with Crippen molar-refractivity contribution < 1.29 is 21.4 Å². The third kappa shape index (κ3) is 6.39. The van der Waals surface area contributed by atoms with Crippen LogP contribution in [0.1, 0.15) is 5.56 Å². The third-order valence-corrected chi connectivity index (χ3v) is 4.98. The fourth-order valence-electron chi connectivity index (χ4n) is 3.23. The van der Waals surface area contributed by atoms with Gasteiger partial charge in [0.2, 0.25) is 10.0 Å². The van der Waals surface area contributed by atoms with E-state index in [4.69, 9.17) is 9.54 Å². The number of hydrogen-bond acceptors (Lipinski definition) is 6. The Balaban J connectivity index is 0.000000523. The van der Waals surface area contributed by atoms with Gasteiger partial charge in [-0.15, -0.1) is 0 Å². The van der Waals surface area contributed by atoms with Crippen molar-refractivity contribution in [2.45, 2.75) is 6.92 Å². The highest BCUT2D eigenvalue weighted by molar-refractivity contribution is 7.92. The number of benzene rings is 3. The van der Waals surface area contributed by atoms with Gasteiger partial charge >= 0.3 is 0 Å². The van der Waals surface area contributed by atoms with Crippen LogP contribution in [0.3, 0.4) is 0 Å². The van der Waals surface area contributed by atoms with Crippen molar-refractivity contribution in [2.75, 3.05) is 22.6 Å². The maximum Gasteiger partial charge on any atom is 0.261 e. The number of hydrogen-bond donors (Lipinski definition) is 3. The fraction of sp³-hybridized carbons (Fsp3) is 0.136. The largest absolute Gasteiger partial charge is 0.354 e. The molecule has 4 aromatic rings. The quantitative estimate of drug-likeness (QED) is 0.298. The summed E-state index contributed by atoms with van der Waals surface area (Å²) < 4.78 is 51.1. The first-order chi connectivity index (χ1) is 14.9. The van der Waals surface area contributed by atoms with E-state index in [0.29, 0.717) is 11.9 Å². The number of sulfonamides is 1. The summed E-state index contributed by atoms with van der Waals surface area (Å²) in [4.78, 5) is 4.78. The van der Waals surface area contributed by atoms with Gasteiger partial charge in [0.25, 0.3) is 10.1 Å². The van der Waals surface area contributed by atoms with Gasteiger partial charge in [-0.25, -0.2) is 13.4 Å². The minimum absolute atomic E-state index is 0.531. The lowest BCUT2D eigenvalue weighted by Crippen LogP contribution is -2.09. The van der Waals surface area contributed by atoms with Crippen molar-refractivity contribution in [1.29, 1.82) is 0 Å². The van der Waals surface area contributed by atoms with Crippen molar-refractivity contribution in [3.63, 3.8) is 0 Å². The Bertz CT molecular complexity index is 1480. The van der Waals surface area contributed by atoms with Crippen LogP contribution in [-0.4, -0.2) is 38.9 Å². The molecule has 3 N–H and O–H groups in total. The predicted octanol–water partition coefficient (Wildman–Crippen LogP) is 4.32. The van der Waals surface area contributed by atoms with Crippen LogP contribution in [0.15, 0.2) is 66.7 Å². The zero-order chi connectivity index (χ0) is 23.5. The molecule has 0 amide bonds. The first-order valence-electron chi connectivity index (χ1n) is 9.46. The Hall–Kier alpha value is -3.21. The number of aromatic nitrogens is 1. The molecular formula is C22H23N3O5S2. The Morgan fingerprint density at radius 2 is 1.34 bits per heavy atom. The normalized spacial score (nSPS) is 11.6. The van der Waals surface area contributed by atoms with Crippen LogP contribution in [-0.2, 0) is 20.1 Å². The molecule has 0 aliphatic carbocycles. The third-order valence-electron chi connectivity index (χ3n) is 4.37. The molecule has 1 heterocycles. The molecule has 10 heteroatoms. The van der Waals surface area contributed by atoms with Crippen molar-refractivity contribution in [2.24, 2.45) is 0 Å². The van der Waals surface area contributed by atoms with E-state index in [2.05, 4.69) is 29.1 Å². The van der Waals surface area contributed by atoms with Gasteiger partial charge in [-0.2, -0.15) is 8.42 Å². The van der Waals surface area contributed by atoms with E-state index in [1.165, 1.54) is 0 Å². The zero-order valence-electron chi connectivity index (χ0n) is 17.7. The predicted molar refractivity (Wildman–Crippen MR) is 130 cm³/mol. The highest BCUT2D eigenvalue weighted by Gasteiger charge is 2.11. The smallest absolute Gasteiger partial charge is 0.261 e. The summed E-state index contributed by atoms with van der Waals surface area (Å²) in [6.07, 6.45) is 1.85. The SMILES string of the molecule is CS(=O)(=O)O.Cc1cccc2nc3ccccc3c(Nc3ccc(NS(C)(=O)=O)cc3)c12. The maximum atomic E-state index is 11.4. The summed E-state index contributed by atoms with van der Waals surface area (Å²) in [5.74, 6) is 0. The van der Waals surface area contributed by atoms with E-state index in [1.54, 1.807) is 12.1 Å². The second-order valence-corrected chi connectivity index (χ2v) is 10.5. The fourth-order valence-corrected chi connectivity index (χ4v) is 3.79. The second-order valence-electron chi connectivity index (χ2n) is 7.28. The number of aryl methyl sites for hydroxylation is 1. The number of para-hydroxylation sites is 1. The van der Waals surface area contributed by atoms with Crippen molar-refractivity contribution in [3.05, 3.63) is 72.3 Å². The molecule has 168 valence electrons. The molecule has 0 saturated carbocycles. The first-order valence-corrected chi connectivity index (χ1v) is 13.2. The van der Waals surface area contributed by atoms with E-state index < -0.39 is 20.1 Å². The molecule has 0 bridgehead atoms. The lowest BCUT2D eigenvalue weighted by atomic mass is 10.0. The second kappa shape index (κ2) is 9.11. The number of nitrogens with zero attached hydrogens (tertiary/aromatic N) is 1. The molecule has 0 saturated heterocycles. The standard InChI is InChI=1S/C21H19N3O2S.CH4O3S/c1-14-6-5-9-19-20(14)21(17-7-3-4-8-18(17)23-19)22-15-10-12-16(13-11-15)24-27(2,25)26;1-5(2,3)4/h3-13,24H,1-2H3,(H,22,23);1H3,(H,2,3,4). The van der Waals surface area contributed by atoms with Crippen LogP contribution in [0, 0.1) is 6.92 Å². The van der Waals surface area contributed by atoms with Gasteiger partial charge in [0, 0.05) is 22.1 Å². The summed E-state index contributed by atoms with van der Waals surface area (Å²) in [6, 6.07) is 21.3. The number of fused-ring (bicyclic) bond motifs is 2. The molecular weight excluding hydrogens is 450 g/mol. The van der Waals surface area contributed by atoms with Crippen LogP contribution in [0.5, 0.6) is 0 Å². The summed E-state index contributed by atoms with van der Waals surface area (Å²) in [5.41, 5.74) is 5.40. The maximum absolute atomic E-state index is 11.4. The molecule has 3 aromatic carbocycles. The van der Waals surface area contributed by atoms with Gasteiger partial charge in [-0.1, -0.05) is 30.3 Å². The molecule has 0 aliphatic heterocycles. The van der Waals surface area contributed by atoms with E-state index in [0.717, 1.165) is 45.0 Å².